The van der Waals surface area contributed by atoms with Crippen LogP contribution in [0.2, 0.25) is 0 Å². The van der Waals surface area contributed by atoms with E-state index in [1.807, 2.05) is 5.32 Å². The molecule has 2 rings (SSSR count). The van der Waals surface area contributed by atoms with Gasteiger partial charge in [0.05, 0.1) is 5.52 Å². The van der Waals surface area contributed by atoms with Crippen LogP contribution >= 0.6 is 0 Å². The number of carbonyl (C=O) groups is 3. The lowest BCUT2D eigenvalue weighted by atomic mass is 9.90. The number of nitrogens with one attached hydrogen (secondary N) is 1. The minimum atomic E-state index is -2.49. The number of phenolic OH excluding ortho intramolecular Hbond substituents is 1. The molecule has 120 valence electrons. The Morgan fingerprint density at radius 2 is 1.83 bits per heavy atom. The number of carboxylic acids is 2. The van der Waals surface area contributed by atoms with Crippen LogP contribution < -0.4 is 5.32 Å². The molecule has 1 aromatic carbocycles. The van der Waals surface area contributed by atoms with E-state index in [2.05, 4.69) is 4.98 Å². The van der Waals surface area contributed by atoms with Gasteiger partial charge in [0.1, 0.15) is 5.75 Å². The fourth-order valence-electron chi connectivity index (χ4n) is 2.26. The van der Waals surface area contributed by atoms with Gasteiger partial charge in [-0.2, -0.15) is 0 Å². The second-order valence-electron chi connectivity index (χ2n) is 5.09. The minimum Gasteiger partial charge on any atom is -0.508 e. The van der Waals surface area contributed by atoms with E-state index in [1.54, 1.807) is 6.07 Å². The van der Waals surface area contributed by atoms with Crippen LogP contribution in [0.15, 0.2) is 30.5 Å². The Hall–Kier alpha value is -3.16. The van der Waals surface area contributed by atoms with Gasteiger partial charge in [-0.1, -0.05) is 0 Å². The fourth-order valence-corrected chi connectivity index (χ4v) is 2.26. The van der Waals surface area contributed by atoms with Gasteiger partial charge in [-0.15, -0.1) is 0 Å². The average molecular weight is 318 g/mol. The average Bonchev–Trinajstić information content (AvgIpc) is 2.45. The molecule has 1 amide bonds. The van der Waals surface area contributed by atoms with Crippen molar-refractivity contribution in [1.82, 2.24) is 10.3 Å². The van der Waals surface area contributed by atoms with E-state index >= 15 is 0 Å². The molecule has 2 aromatic rings. The van der Waals surface area contributed by atoms with Gasteiger partial charge in [0, 0.05) is 24.9 Å². The number of fused-ring (bicyclic) bond motifs is 1. The number of aromatic hydroxyl groups is 1. The summed E-state index contributed by atoms with van der Waals surface area (Å²) in [6, 6.07) is 5.97. The van der Waals surface area contributed by atoms with Crippen molar-refractivity contribution in [2.75, 3.05) is 0 Å². The Kier molecular flexibility index (Phi) is 4.17. The van der Waals surface area contributed by atoms with Gasteiger partial charge < -0.3 is 20.6 Å². The first-order chi connectivity index (χ1) is 10.7. The van der Waals surface area contributed by atoms with E-state index in [4.69, 9.17) is 0 Å². The van der Waals surface area contributed by atoms with Crippen LogP contribution in [0.25, 0.3) is 10.9 Å². The molecule has 1 heterocycles. The number of carboxylic acid groups (broad SMARTS) is 2. The molecule has 0 aliphatic heterocycles. The molecule has 0 saturated heterocycles. The largest absolute Gasteiger partial charge is 0.508 e. The van der Waals surface area contributed by atoms with Gasteiger partial charge in [0.25, 0.3) is 0 Å². The summed E-state index contributed by atoms with van der Waals surface area (Å²) in [5.41, 5.74) is -1.64. The van der Waals surface area contributed by atoms with Crippen LogP contribution in [0.4, 0.5) is 0 Å². The Morgan fingerprint density at radius 1 is 1.17 bits per heavy atom. The summed E-state index contributed by atoms with van der Waals surface area (Å²) < 4.78 is 0. The maximum Gasteiger partial charge on any atom is 0.341 e. The standard InChI is InChI=1S/C15H14N2O6/c1-8(18)17-15(13(20)21,14(22)23)6-9-4-10-5-11(19)2-3-12(10)16-7-9/h2-5,7,19H,6H2,1H3,(H,17,18)(H,20,21)(H,22,23). The molecule has 0 atom stereocenters. The van der Waals surface area contributed by atoms with E-state index in [-0.39, 0.29) is 5.75 Å². The quantitative estimate of drug-likeness (QED) is 0.590. The molecule has 23 heavy (non-hydrogen) atoms. The predicted molar refractivity (Wildman–Crippen MR) is 78.9 cm³/mol. The number of hydrogen-bond donors (Lipinski definition) is 4. The monoisotopic (exact) mass is 318 g/mol. The summed E-state index contributed by atoms with van der Waals surface area (Å²) in [6.07, 6.45) is 0.845. The smallest absolute Gasteiger partial charge is 0.341 e. The maximum absolute atomic E-state index is 11.5. The third-order valence-corrected chi connectivity index (χ3v) is 3.31. The summed E-state index contributed by atoms with van der Waals surface area (Å²) in [7, 11) is 0. The second-order valence-corrected chi connectivity index (χ2v) is 5.09. The molecule has 0 aliphatic carbocycles. The first-order valence-corrected chi connectivity index (χ1v) is 6.58. The lowest BCUT2D eigenvalue weighted by Gasteiger charge is -2.25. The number of benzene rings is 1. The molecule has 4 N–H and O–H groups in total. The van der Waals surface area contributed by atoms with Crippen molar-refractivity contribution in [2.24, 2.45) is 0 Å². The summed E-state index contributed by atoms with van der Waals surface area (Å²) >= 11 is 0. The summed E-state index contributed by atoms with van der Waals surface area (Å²) in [5.74, 6) is -4.14. The number of rotatable bonds is 5. The summed E-state index contributed by atoms with van der Waals surface area (Å²) in [6.45, 7) is 1.04. The van der Waals surface area contributed by atoms with Crippen molar-refractivity contribution >= 4 is 28.7 Å². The molecule has 0 bridgehead atoms. The lowest BCUT2D eigenvalue weighted by Crippen LogP contribution is -2.61. The number of hydrogen-bond acceptors (Lipinski definition) is 5. The number of nitrogens with zero attached hydrogens (tertiary/aromatic N) is 1. The molecular weight excluding hydrogens is 304 g/mol. The number of carbonyl (C=O) groups excluding carboxylic acids is 1. The second kappa shape index (κ2) is 5.91. The molecular formula is C15H14N2O6. The zero-order valence-corrected chi connectivity index (χ0v) is 12.1. The zero-order chi connectivity index (χ0) is 17.2. The van der Waals surface area contributed by atoms with Crippen molar-refractivity contribution in [3.63, 3.8) is 0 Å². The maximum atomic E-state index is 11.5. The Labute approximate surface area is 130 Å². The minimum absolute atomic E-state index is 0.000966. The van der Waals surface area contributed by atoms with Crippen molar-refractivity contribution in [3.8, 4) is 5.75 Å². The molecule has 0 saturated carbocycles. The third kappa shape index (κ3) is 3.20. The van der Waals surface area contributed by atoms with Gasteiger partial charge in [0.15, 0.2) is 0 Å². The van der Waals surface area contributed by atoms with Crippen molar-refractivity contribution < 1.29 is 29.7 Å². The topological polar surface area (TPSA) is 137 Å². The first-order valence-electron chi connectivity index (χ1n) is 6.58. The number of amides is 1. The fraction of sp³-hybridized carbons (Fsp3) is 0.200. The van der Waals surface area contributed by atoms with Crippen LogP contribution in [0.3, 0.4) is 0 Å². The van der Waals surface area contributed by atoms with Crippen LogP contribution in [0.1, 0.15) is 12.5 Å². The van der Waals surface area contributed by atoms with Crippen molar-refractivity contribution in [3.05, 3.63) is 36.0 Å². The highest BCUT2D eigenvalue weighted by atomic mass is 16.4. The van der Waals surface area contributed by atoms with E-state index in [0.717, 1.165) is 6.92 Å². The molecule has 1 aromatic heterocycles. The van der Waals surface area contributed by atoms with E-state index in [0.29, 0.717) is 16.5 Å². The molecule has 0 spiro atoms. The highest BCUT2D eigenvalue weighted by molar-refractivity contribution is 6.06. The van der Waals surface area contributed by atoms with Crippen LogP contribution in [-0.4, -0.2) is 43.7 Å². The SMILES string of the molecule is CC(=O)NC(Cc1cnc2ccc(O)cc2c1)(C(=O)O)C(=O)O. The van der Waals surface area contributed by atoms with E-state index in [1.165, 1.54) is 24.4 Å². The third-order valence-electron chi connectivity index (χ3n) is 3.31. The van der Waals surface area contributed by atoms with Crippen molar-refractivity contribution in [1.29, 1.82) is 0 Å². The van der Waals surface area contributed by atoms with E-state index in [9.17, 15) is 29.7 Å². The molecule has 8 nitrogen and oxygen atoms in total. The van der Waals surface area contributed by atoms with Gasteiger partial charge in [0.2, 0.25) is 11.4 Å². The van der Waals surface area contributed by atoms with Gasteiger partial charge in [-0.3, -0.25) is 9.78 Å². The summed E-state index contributed by atoms with van der Waals surface area (Å²) in [5, 5.41) is 30.6. The predicted octanol–water partition coefficient (Wildman–Crippen LogP) is 0.527. The molecule has 0 unspecified atom stereocenters. The highest BCUT2D eigenvalue weighted by Gasteiger charge is 2.47. The van der Waals surface area contributed by atoms with Gasteiger partial charge >= 0.3 is 11.9 Å². The number of aliphatic carboxylic acids is 2. The Morgan fingerprint density at radius 3 is 2.39 bits per heavy atom. The number of pyridine rings is 1. The van der Waals surface area contributed by atoms with Crippen molar-refractivity contribution in [2.45, 2.75) is 18.9 Å². The Balaban J connectivity index is 2.48. The summed E-state index contributed by atoms with van der Waals surface area (Å²) in [4.78, 5) is 38.3. The normalized spacial score (nSPS) is 11.2. The zero-order valence-electron chi connectivity index (χ0n) is 12.1. The molecule has 0 aliphatic rings. The van der Waals surface area contributed by atoms with Crippen LogP contribution in [0, 0.1) is 0 Å². The Bertz CT molecular complexity index is 788. The lowest BCUT2D eigenvalue weighted by molar-refractivity contribution is -0.161. The molecule has 8 heteroatoms. The first kappa shape index (κ1) is 16.2. The van der Waals surface area contributed by atoms with Gasteiger partial charge in [-0.25, -0.2) is 9.59 Å². The van der Waals surface area contributed by atoms with E-state index < -0.39 is 29.8 Å². The highest BCUT2D eigenvalue weighted by Crippen LogP contribution is 2.22. The number of aromatic nitrogens is 1. The number of phenols is 1. The van der Waals surface area contributed by atoms with Crippen LogP contribution in [0.5, 0.6) is 5.75 Å². The molecule has 0 radical (unpaired) electrons. The van der Waals surface area contributed by atoms with Crippen LogP contribution in [-0.2, 0) is 20.8 Å². The van der Waals surface area contributed by atoms with Gasteiger partial charge in [-0.05, 0) is 29.8 Å². The molecule has 0 fully saturated rings.